The first kappa shape index (κ1) is 18.4. The maximum Gasteiger partial charge on any atom is 0.329 e. The van der Waals surface area contributed by atoms with Crippen molar-refractivity contribution < 1.29 is 24.2 Å². The molecule has 0 rings (SSSR count). The molecule has 0 aliphatic carbocycles. The van der Waals surface area contributed by atoms with Crippen LogP contribution in [-0.2, 0) is 14.3 Å². The summed E-state index contributed by atoms with van der Waals surface area (Å²) in [4.78, 5) is 32.9. The molecule has 0 aromatic heterocycles. The number of carbonyl (C=O) groups is 3. The second kappa shape index (κ2) is 9.30. The number of urea groups is 1. The largest absolute Gasteiger partial charge is 0.480 e. The van der Waals surface area contributed by atoms with Crippen LogP contribution in [0.25, 0.3) is 0 Å². The van der Waals surface area contributed by atoms with E-state index >= 15 is 0 Å². The summed E-state index contributed by atoms with van der Waals surface area (Å²) in [6.07, 6.45) is 0. The standard InChI is InChI=1S/C13H24N2O5/c1-8(2)10(9(3)4)5-14-13(19)15-11(16)6-20-7-12(17)18/h8-10H,5-7H2,1-4H3,(H,17,18)(H2,14,15,16,19). The first-order valence-corrected chi connectivity index (χ1v) is 6.61. The minimum absolute atomic E-state index is 0.319. The molecule has 0 heterocycles. The van der Waals surface area contributed by atoms with Crippen LogP contribution in [0, 0.1) is 17.8 Å². The zero-order valence-electron chi connectivity index (χ0n) is 12.4. The Balaban J connectivity index is 3.98. The molecule has 0 atom stereocenters. The molecule has 0 aliphatic rings. The van der Waals surface area contributed by atoms with Crippen LogP contribution in [0.15, 0.2) is 0 Å². The summed E-state index contributed by atoms with van der Waals surface area (Å²) in [5, 5.41) is 13.0. The van der Waals surface area contributed by atoms with Crippen molar-refractivity contribution in [3.8, 4) is 0 Å². The highest BCUT2D eigenvalue weighted by atomic mass is 16.5. The van der Waals surface area contributed by atoms with E-state index in [0.29, 0.717) is 24.3 Å². The fraction of sp³-hybridized carbons (Fsp3) is 0.769. The Morgan fingerprint density at radius 3 is 2.05 bits per heavy atom. The smallest absolute Gasteiger partial charge is 0.329 e. The third kappa shape index (κ3) is 8.47. The minimum Gasteiger partial charge on any atom is -0.480 e. The van der Waals surface area contributed by atoms with Gasteiger partial charge >= 0.3 is 12.0 Å². The molecule has 116 valence electrons. The van der Waals surface area contributed by atoms with E-state index in [0.717, 1.165) is 0 Å². The average Bonchev–Trinajstić information content (AvgIpc) is 2.27. The van der Waals surface area contributed by atoms with Gasteiger partial charge in [-0.25, -0.2) is 9.59 Å². The van der Waals surface area contributed by atoms with Crippen LogP contribution in [-0.4, -0.2) is 42.8 Å². The Hall–Kier alpha value is -1.63. The van der Waals surface area contributed by atoms with Crippen molar-refractivity contribution in [2.75, 3.05) is 19.8 Å². The fourth-order valence-corrected chi connectivity index (χ4v) is 1.89. The van der Waals surface area contributed by atoms with Crippen molar-refractivity contribution in [3.05, 3.63) is 0 Å². The van der Waals surface area contributed by atoms with Gasteiger partial charge < -0.3 is 15.2 Å². The topological polar surface area (TPSA) is 105 Å². The van der Waals surface area contributed by atoms with E-state index in [2.05, 4.69) is 43.1 Å². The number of carbonyl (C=O) groups excluding carboxylic acids is 2. The molecule has 0 aromatic carbocycles. The summed E-state index contributed by atoms with van der Waals surface area (Å²) in [6.45, 7) is 7.76. The molecule has 3 N–H and O–H groups in total. The van der Waals surface area contributed by atoms with Crippen LogP contribution in [0.2, 0.25) is 0 Å². The average molecular weight is 288 g/mol. The summed E-state index contributed by atoms with van der Waals surface area (Å²) < 4.78 is 4.57. The van der Waals surface area contributed by atoms with E-state index in [1.165, 1.54) is 0 Å². The zero-order valence-corrected chi connectivity index (χ0v) is 12.4. The fourth-order valence-electron chi connectivity index (χ4n) is 1.89. The van der Waals surface area contributed by atoms with Gasteiger partial charge in [0.15, 0.2) is 0 Å². The van der Waals surface area contributed by atoms with Gasteiger partial charge in [0.25, 0.3) is 5.91 Å². The number of aliphatic carboxylic acids is 1. The molecular formula is C13H24N2O5. The Bertz CT molecular complexity index is 334. The third-order valence-corrected chi connectivity index (χ3v) is 2.92. The zero-order chi connectivity index (χ0) is 15.7. The predicted octanol–water partition coefficient (Wildman–Crippen LogP) is 0.842. The lowest BCUT2D eigenvalue weighted by atomic mass is 9.85. The van der Waals surface area contributed by atoms with Crippen molar-refractivity contribution in [2.45, 2.75) is 27.7 Å². The van der Waals surface area contributed by atoms with Gasteiger partial charge in [0.05, 0.1) is 0 Å². The Morgan fingerprint density at radius 1 is 1.05 bits per heavy atom. The summed E-state index contributed by atoms with van der Waals surface area (Å²) in [7, 11) is 0. The molecule has 0 fully saturated rings. The van der Waals surface area contributed by atoms with Gasteiger partial charge in [0, 0.05) is 6.54 Å². The molecule has 3 amide bonds. The number of hydrogen-bond acceptors (Lipinski definition) is 4. The van der Waals surface area contributed by atoms with Gasteiger partial charge in [-0.2, -0.15) is 0 Å². The molecule has 7 nitrogen and oxygen atoms in total. The maximum absolute atomic E-state index is 11.5. The molecule has 0 unspecified atom stereocenters. The molecule has 0 aliphatic heterocycles. The molecule has 0 saturated heterocycles. The molecule has 0 bridgehead atoms. The number of carboxylic acids is 1. The van der Waals surface area contributed by atoms with Gasteiger partial charge in [-0.1, -0.05) is 27.7 Å². The lowest BCUT2D eigenvalue weighted by Crippen LogP contribution is -2.44. The van der Waals surface area contributed by atoms with Gasteiger partial charge in [-0.15, -0.1) is 0 Å². The molecule has 20 heavy (non-hydrogen) atoms. The van der Waals surface area contributed by atoms with E-state index in [9.17, 15) is 14.4 Å². The van der Waals surface area contributed by atoms with Crippen molar-refractivity contribution in [2.24, 2.45) is 17.8 Å². The predicted molar refractivity (Wildman–Crippen MR) is 73.2 cm³/mol. The second-order valence-corrected chi connectivity index (χ2v) is 5.30. The van der Waals surface area contributed by atoms with Crippen LogP contribution < -0.4 is 10.6 Å². The van der Waals surface area contributed by atoms with Crippen molar-refractivity contribution >= 4 is 17.9 Å². The number of nitrogens with one attached hydrogen (secondary N) is 2. The van der Waals surface area contributed by atoms with Crippen molar-refractivity contribution in [1.82, 2.24) is 10.6 Å². The molecule has 0 radical (unpaired) electrons. The van der Waals surface area contributed by atoms with Crippen LogP contribution in [0.5, 0.6) is 0 Å². The van der Waals surface area contributed by atoms with Crippen LogP contribution in [0.4, 0.5) is 4.79 Å². The number of rotatable bonds is 8. The highest BCUT2D eigenvalue weighted by Gasteiger charge is 2.18. The Morgan fingerprint density at radius 2 is 1.60 bits per heavy atom. The van der Waals surface area contributed by atoms with Crippen LogP contribution >= 0.6 is 0 Å². The Labute approximate surface area is 119 Å². The highest BCUT2D eigenvalue weighted by molar-refractivity contribution is 5.94. The van der Waals surface area contributed by atoms with Crippen molar-refractivity contribution in [3.63, 3.8) is 0 Å². The van der Waals surface area contributed by atoms with E-state index < -0.39 is 31.1 Å². The van der Waals surface area contributed by atoms with E-state index in [1.807, 2.05) is 0 Å². The molecule has 0 saturated carbocycles. The molecular weight excluding hydrogens is 264 g/mol. The van der Waals surface area contributed by atoms with Gasteiger partial charge in [0.1, 0.15) is 13.2 Å². The first-order valence-electron chi connectivity index (χ1n) is 6.61. The van der Waals surface area contributed by atoms with E-state index in [1.54, 1.807) is 0 Å². The highest BCUT2D eigenvalue weighted by Crippen LogP contribution is 2.19. The summed E-state index contributed by atoms with van der Waals surface area (Å²) in [6, 6.07) is -0.597. The van der Waals surface area contributed by atoms with E-state index in [-0.39, 0.29) is 0 Å². The molecule has 0 spiro atoms. The Kier molecular flexibility index (Phi) is 8.54. The van der Waals surface area contributed by atoms with Gasteiger partial charge in [0.2, 0.25) is 0 Å². The summed E-state index contributed by atoms with van der Waals surface area (Å²) >= 11 is 0. The number of amides is 3. The van der Waals surface area contributed by atoms with E-state index in [4.69, 9.17) is 5.11 Å². The molecule has 7 heteroatoms. The third-order valence-electron chi connectivity index (χ3n) is 2.92. The lowest BCUT2D eigenvalue weighted by molar-refractivity contribution is -0.143. The maximum atomic E-state index is 11.5. The summed E-state index contributed by atoms with van der Waals surface area (Å²) in [5.74, 6) is -0.678. The summed E-state index contributed by atoms with van der Waals surface area (Å²) in [5.41, 5.74) is 0. The number of ether oxygens (including phenoxy) is 1. The van der Waals surface area contributed by atoms with Gasteiger partial charge in [-0.05, 0) is 17.8 Å². The lowest BCUT2D eigenvalue weighted by Gasteiger charge is -2.24. The number of hydrogen-bond donors (Lipinski definition) is 3. The van der Waals surface area contributed by atoms with Crippen molar-refractivity contribution in [1.29, 1.82) is 0 Å². The van der Waals surface area contributed by atoms with Gasteiger partial charge in [-0.3, -0.25) is 10.1 Å². The quantitative estimate of drug-likeness (QED) is 0.614. The normalized spacial score (nSPS) is 10.9. The number of carboxylic acid groups (broad SMARTS) is 1. The number of imide groups is 1. The second-order valence-electron chi connectivity index (χ2n) is 5.30. The minimum atomic E-state index is -1.17. The first-order chi connectivity index (χ1) is 9.23. The van der Waals surface area contributed by atoms with Crippen LogP contribution in [0.1, 0.15) is 27.7 Å². The SMILES string of the molecule is CC(C)C(CNC(=O)NC(=O)COCC(=O)O)C(C)C. The van der Waals surface area contributed by atoms with Crippen LogP contribution in [0.3, 0.4) is 0 Å². The monoisotopic (exact) mass is 288 g/mol. The molecule has 0 aromatic rings.